The molecule has 0 aliphatic carbocycles. The number of nitrogens with one attached hydrogen (secondary N) is 2. The molecule has 0 heterocycles. The number of amides is 1. The van der Waals surface area contributed by atoms with Gasteiger partial charge in [-0.2, -0.15) is 0 Å². The Balaban J connectivity index is 1.80. The van der Waals surface area contributed by atoms with Gasteiger partial charge in [-0.05, 0) is 33.6 Å². The molecule has 2 aromatic carbocycles. The van der Waals surface area contributed by atoms with E-state index in [1.54, 1.807) is 18.2 Å². The highest BCUT2D eigenvalue weighted by Gasteiger charge is 2.16. The first-order chi connectivity index (χ1) is 11.0. The van der Waals surface area contributed by atoms with Crippen molar-refractivity contribution in [3.63, 3.8) is 0 Å². The zero-order valence-electron chi connectivity index (χ0n) is 12.3. The van der Waals surface area contributed by atoms with Gasteiger partial charge in [0, 0.05) is 24.0 Å². The predicted molar refractivity (Wildman–Crippen MR) is 92.2 cm³/mol. The molecule has 2 aromatic rings. The number of hydrogen-bond acceptors (Lipinski definition) is 3. The van der Waals surface area contributed by atoms with Gasteiger partial charge in [0.25, 0.3) is 0 Å². The summed E-state index contributed by atoms with van der Waals surface area (Å²) in [7, 11) is -3.63. The van der Waals surface area contributed by atoms with E-state index < -0.39 is 10.0 Å². The number of rotatable bonds is 7. The van der Waals surface area contributed by atoms with E-state index in [-0.39, 0.29) is 23.8 Å². The van der Waals surface area contributed by atoms with Gasteiger partial charge in [-0.25, -0.2) is 13.1 Å². The molecule has 2 rings (SSSR count). The van der Waals surface area contributed by atoms with Crippen LogP contribution in [0.15, 0.2) is 64.0 Å². The molecular formula is C16H17BrN2O3S. The summed E-state index contributed by atoms with van der Waals surface area (Å²) in [6.45, 7) is 0.473. The summed E-state index contributed by atoms with van der Waals surface area (Å²) < 4.78 is 27.2. The molecule has 0 radical (unpaired) electrons. The molecule has 5 nitrogen and oxygen atoms in total. The van der Waals surface area contributed by atoms with Crippen LogP contribution in [-0.2, 0) is 21.4 Å². The lowest BCUT2D eigenvalue weighted by molar-refractivity contribution is -0.121. The minimum Gasteiger partial charge on any atom is -0.352 e. The molecule has 0 spiro atoms. The summed E-state index contributed by atoms with van der Waals surface area (Å²) >= 11 is 3.21. The van der Waals surface area contributed by atoms with Crippen LogP contribution in [0.25, 0.3) is 0 Å². The molecule has 0 bridgehead atoms. The highest BCUT2D eigenvalue weighted by molar-refractivity contribution is 9.10. The summed E-state index contributed by atoms with van der Waals surface area (Å²) in [6.07, 6.45) is 0.0799. The summed E-state index contributed by atoms with van der Waals surface area (Å²) in [5, 5.41) is 2.75. The maximum Gasteiger partial charge on any atom is 0.241 e. The third-order valence-electron chi connectivity index (χ3n) is 3.10. The lowest BCUT2D eigenvalue weighted by Gasteiger charge is -2.09. The lowest BCUT2D eigenvalue weighted by Crippen LogP contribution is -2.30. The van der Waals surface area contributed by atoms with Crippen molar-refractivity contribution in [2.75, 3.05) is 6.54 Å². The smallest absolute Gasteiger partial charge is 0.241 e. The zero-order chi connectivity index (χ0) is 16.7. The van der Waals surface area contributed by atoms with Crippen molar-refractivity contribution in [3.8, 4) is 0 Å². The molecule has 0 saturated carbocycles. The Labute approximate surface area is 144 Å². The van der Waals surface area contributed by atoms with Crippen molar-refractivity contribution in [2.24, 2.45) is 0 Å². The van der Waals surface area contributed by atoms with E-state index in [4.69, 9.17) is 0 Å². The summed E-state index contributed by atoms with van der Waals surface area (Å²) in [6, 6.07) is 16.1. The van der Waals surface area contributed by atoms with Crippen LogP contribution in [-0.4, -0.2) is 20.9 Å². The van der Waals surface area contributed by atoms with Gasteiger partial charge in [0.05, 0.1) is 4.90 Å². The molecule has 23 heavy (non-hydrogen) atoms. The van der Waals surface area contributed by atoms with Crippen LogP contribution in [0.3, 0.4) is 0 Å². The van der Waals surface area contributed by atoms with Crippen LogP contribution >= 0.6 is 15.9 Å². The van der Waals surface area contributed by atoms with Crippen molar-refractivity contribution in [1.82, 2.24) is 10.0 Å². The number of hydrogen-bond donors (Lipinski definition) is 2. The summed E-state index contributed by atoms with van der Waals surface area (Å²) in [4.78, 5) is 11.9. The first kappa shape index (κ1) is 17.7. The topological polar surface area (TPSA) is 75.3 Å². The predicted octanol–water partition coefficient (Wildman–Crippen LogP) is 2.43. The molecule has 2 N–H and O–H groups in total. The van der Waals surface area contributed by atoms with Gasteiger partial charge < -0.3 is 5.32 Å². The zero-order valence-corrected chi connectivity index (χ0v) is 14.7. The highest BCUT2D eigenvalue weighted by atomic mass is 79.9. The van der Waals surface area contributed by atoms with E-state index in [9.17, 15) is 13.2 Å². The second kappa shape index (κ2) is 8.24. The van der Waals surface area contributed by atoms with Crippen molar-refractivity contribution in [1.29, 1.82) is 0 Å². The lowest BCUT2D eigenvalue weighted by atomic mass is 10.2. The van der Waals surface area contributed by atoms with Gasteiger partial charge in [0.15, 0.2) is 0 Å². The van der Waals surface area contributed by atoms with Crippen molar-refractivity contribution < 1.29 is 13.2 Å². The quantitative estimate of drug-likeness (QED) is 0.754. The molecule has 0 aliphatic heterocycles. The normalized spacial score (nSPS) is 11.2. The average molecular weight is 397 g/mol. The van der Waals surface area contributed by atoms with Crippen LogP contribution < -0.4 is 10.0 Å². The molecule has 7 heteroatoms. The molecular weight excluding hydrogens is 380 g/mol. The van der Waals surface area contributed by atoms with Crippen LogP contribution in [0.5, 0.6) is 0 Å². The largest absolute Gasteiger partial charge is 0.352 e. The van der Waals surface area contributed by atoms with Gasteiger partial charge >= 0.3 is 0 Å². The fourth-order valence-corrected chi connectivity index (χ4v) is 3.96. The fraction of sp³-hybridized carbons (Fsp3) is 0.188. The molecule has 0 aromatic heterocycles. The average Bonchev–Trinajstić information content (AvgIpc) is 2.54. The van der Waals surface area contributed by atoms with Gasteiger partial charge in [-0.15, -0.1) is 0 Å². The van der Waals surface area contributed by atoms with E-state index >= 15 is 0 Å². The summed E-state index contributed by atoms with van der Waals surface area (Å²) in [5.41, 5.74) is 0.995. The minimum absolute atomic E-state index is 0.0459. The summed E-state index contributed by atoms with van der Waals surface area (Å²) in [5.74, 6) is -0.205. The second-order valence-corrected chi connectivity index (χ2v) is 7.43. The Morgan fingerprint density at radius 1 is 1.00 bits per heavy atom. The van der Waals surface area contributed by atoms with Gasteiger partial charge in [-0.3, -0.25) is 4.79 Å². The van der Waals surface area contributed by atoms with Gasteiger partial charge in [0.2, 0.25) is 15.9 Å². The number of halogens is 1. The second-order valence-electron chi connectivity index (χ2n) is 4.84. The van der Waals surface area contributed by atoms with Crippen LogP contribution in [0.4, 0.5) is 0 Å². The van der Waals surface area contributed by atoms with E-state index in [1.165, 1.54) is 6.07 Å². The minimum atomic E-state index is -3.63. The Morgan fingerprint density at radius 3 is 2.35 bits per heavy atom. The van der Waals surface area contributed by atoms with Crippen LogP contribution in [0.1, 0.15) is 12.0 Å². The van der Waals surface area contributed by atoms with E-state index in [0.717, 1.165) is 5.56 Å². The van der Waals surface area contributed by atoms with Crippen molar-refractivity contribution in [3.05, 3.63) is 64.6 Å². The number of carbonyl (C=O) groups excluding carboxylic acids is 1. The Bertz CT molecular complexity index is 764. The molecule has 0 fully saturated rings. The van der Waals surface area contributed by atoms with Crippen LogP contribution in [0.2, 0.25) is 0 Å². The molecule has 0 aliphatic rings. The number of benzene rings is 2. The highest BCUT2D eigenvalue weighted by Crippen LogP contribution is 2.20. The van der Waals surface area contributed by atoms with E-state index in [0.29, 0.717) is 11.0 Å². The third kappa shape index (κ3) is 5.46. The Hall–Kier alpha value is -1.70. The molecule has 1 amide bonds. The molecule has 122 valence electrons. The van der Waals surface area contributed by atoms with Crippen LogP contribution in [0, 0.1) is 0 Å². The van der Waals surface area contributed by atoms with E-state index in [1.807, 2.05) is 30.3 Å². The van der Waals surface area contributed by atoms with Crippen molar-refractivity contribution in [2.45, 2.75) is 17.9 Å². The first-order valence-electron chi connectivity index (χ1n) is 7.04. The number of carbonyl (C=O) groups is 1. The molecule has 0 atom stereocenters. The molecule has 0 saturated heterocycles. The molecule has 0 unspecified atom stereocenters. The van der Waals surface area contributed by atoms with Gasteiger partial charge in [0.1, 0.15) is 0 Å². The third-order valence-corrected chi connectivity index (χ3v) is 5.58. The monoisotopic (exact) mass is 396 g/mol. The first-order valence-corrected chi connectivity index (χ1v) is 9.31. The number of sulfonamides is 1. The van der Waals surface area contributed by atoms with E-state index in [2.05, 4.69) is 26.0 Å². The Kier molecular flexibility index (Phi) is 6.32. The van der Waals surface area contributed by atoms with Crippen molar-refractivity contribution >= 4 is 31.9 Å². The fourth-order valence-electron chi connectivity index (χ4n) is 1.92. The van der Waals surface area contributed by atoms with Gasteiger partial charge in [-0.1, -0.05) is 42.5 Å². The SMILES string of the molecule is O=C(CCNS(=O)(=O)c1ccccc1Br)NCc1ccccc1. The Morgan fingerprint density at radius 2 is 1.65 bits per heavy atom. The standard InChI is InChI=1S/C16H17BrN2O3S/c17-14-8-4-5-9-15(14)23(21,22)19-11-10-16(20)18-12-13-6-2-1-3-7-13/h1-9,19H,10-12H2,(H,18,20). The maximum absolute atomic E-state index is 12.1. The maximum atomic E-state index is 12.1.